The number of pyridine rings is 1. The van der Waals surface area contributed by atoms with E-state index in [1.165, 1.54) is 0 Å². The standard InChI is InChI=1S/C13H20N4O/c1-9(18)10-4-6-17(7-10)8-11-3-2-5-16-12(11)13(14)15/h2-3,5,9-10,18H,4,6-8H2,1H3,(H3,14,15). The van der Waals surface area contributed by atoms with Crippen LogP contribution in [0.25, 0.3) is 0 Å². The highest BCUT2D eigenvalue weighted by Gasteiger charge is 2.26. The van der Waals surface area contributed by atoms with Crippen LogP contribution in [0.2, 0.25) is 0 Å². The highest BCUT2D eigenvalue weighted by atomic mass is 16.3. The number of nitrogens with one attached hydrogen (secondary N) is 1. The van der Waals surface area contributed by atoms with Gasteiger partial charge in [0.15, 0.2) is 0 Å². The van der Waals surface area contributed by atoms with E-state index >= 15 is 0 Å². The second-order valence-electron chi connectivity index (χ2n) is 4.95. The Bertz CT molecular complexity index is 433. The summed E-state index contributed by atoms with van der Waals surface area (Å²) in [5.41, 5.74) is 7.08. The fourth-order valence-electron chi connectivity index (χ4n) is 2.45. The van der Waals surface area contributed by atoms with E-state index in [1.807, 2.05) is 19.1 Å². The second-order valence-corrected chi connectivity index (χ2v) is 4.95. The Morgan fingerprint density at radius 1 is 1.72 bits per heavy atom. The van der Waals surface area contributed by atoms with Crippen LogP contribution in [-0.4, -0.2) is 40.0 Å². The highest BCUT2D eigenvalue weighted by molar-refractivity contribution is 5.94. The van der Waals surface area contributed by atoms with E-state index in [4.69, 9.17) is 11.1 Å². The van der Waals surface area contributed by atoms with Crippen LogP contribution in [0, 0.1) is 11.3 Å². The molecule has 0 spiro atoms. The fraction of sp³-hybridized carbons (Fsp3) is 0.538. The van der Waals surface area contributed by atoms with Crippen molar-refractivity contribution in [3.63, 3.8) is 0 Å². The molecule has 2 heterocycles. The molecule has 0 bridgehead atoms. The van der Waals surface area contributed by atoms with Crippen molar-refractivity contribution >= 4 is 5.84 Å². The van der Waals surface area contributed by atoms with E-state index in [2.05, 4.69) is 9.88 Å². The average molecular weight is 248 g/mol. The fourth-order valence-corrected chi connectivity index (χ4v) is 2.45. The van der Waals surface area contributed by atoms with Crippen LogP contribution in [0.5, 0.6) is 0 Å². The van der Waals surface area contributed by atoms with Gasteiger partial charge in [0.25, 0.3) is 0 Å². The summed E-state index contributed by atoms with van der Waals surface area (Å²) in [5, 5.41) is 17.1. The van der Waals surface area contributed by atoms with Gasteiger partial charge in [-0.2, -0.15) is 0 Å². The molecule has 98 valence electrons. The van der Waals surface area contributed by atoms with Crippen LogP contribution in [0.3, 0.4) is 0 Å². The van der Waals surface area contributed by atoms with Gasteiger partial charge in [-0.05, 0) is 37.4 Å². The maximum absolute atomic E-state index is 9.59. The van der Waals surface area contributed by atoms with Gasteiger partial charge in [-0.25, -0.2) is 0 Å². The number of nitrogens with zero attached hydrogens (tertiary/aromatic N) is 2. The maximum Gasteiger partial charge on any atom is 0.142 e. The van der Waals surface area contributed by atoms with Crippen LogP contribution in [0.15, 0.2) is 18.3 Å². The monoisotopic (exact) mass is 248 g/mol. The Labute approximate surface area is 107 Å². The van der Waals surface area contributed by atoms with Crippen molar-refractivity contribution in [1.29, 1.82) is 5.41 Å². The van der Waals surface area contributed by atoms with E-state index in [9.17, 15) is 5.11 Å². The van der Waals surface area contributed by atoms with Crippen LogP contribution >= 0.6 is 0 Å². The molecule has 2 atom stereocenters. The zero-order chi connectivity index (χ0) is 13.1. The summed E-state index contributed by atoms with van der Waals surface area (Å²) in [6.07, 6.45) is 2.42. The third kappa shape index (κ3) is 2.86. The zero-order valence-corrected chi connectivity index (χ0v) is 10.6. The van der Waals surface area contributed by atoms with Crippen molar-refractivity contribution in [2.24, 2.45) is 11.7 Å². The molecular weight excluding hydrogens is 228 g/mol. The molecule has 0 aliphatic carbocycles. The Kier molecular flexibility index (Phi) is 3.93. The van der Waals surface area contributed by atoms with Gasteiger partial charge in [0.2, 0.25) is 0 Å². The molecular formula is C13H20N4O. The number of hydrogen-bond acceptors (Lipinski definition) is 4. The summed E-state index contributed by atoms with van der Waals surface area (Å²) in [4.78, 5) is 6.43. The molecule has 0 saturated carbocycles. The molecule has 2 rings (SSSR count). The molecule has 4 N–H and O–H groups in total. The summed E-state index contributed by atoms with van der Waals surface area (Å²) >= 11 is 0. The first-order valence-electron chi connectivity index (χ1n) is 6.26. The minimum absolute atomic E-state index is 0.0110. The van der Waals surface area contributed by atoms with Crippen LogP contribution in [0.4, 0.5) is 0 Å². The van der Waals surface area contributed by atoms with Gasteiger partial charge >= 0.3 is 0 Å². The molecule has 1 aromatic rings. The zero-order valence-electron chi connectivity index (χ0n) is 10.6. The summed E-state index contributed by atoms with van der Waals surface area (Å²) < 4.78 is 0. The number of rotatable bonds is 4. The van der Waals surface area contributed by atoms with Crippen LogP contribution in [0.1, 0.15) is 24.6 Å². The van der Waals surface area contributed by atoms with Crippen molar-refractivity contribution in [2.45, 2.75) is 26.0 Å². The smallest absolute Gasteiger partial charge is 0.142 e. The number of hydrogen-bond donors (Lipinski definition) is 3. The quantitative estimate of drug-likeness (QED) is 0.537. The van der Waals surface area contributed by atoms with Gasteiger partial charge in [-0.15, -0.1) is 0 Å². The predicted molar refractivity (Wildman–Crippen MR) is 70.3 cm³/mol. The minimum Gasteiger partial charge on any atom is -0.393 e. The largest absolute Gasteiger partial charge is 0.393 e. The van der Waals surface area contributed by atoms with Crippen LogP contribution in [-0.2, 0) is 6.54 Å². The molecule has 1 saturated heterocycles. The van der Waals surface area contributed by atoms with E-state index in [0.717, 1.165) is 31.6 Å². The lowest BCUT2D eigenvalue weighted by Gasteiger charge is -2.18. The Hall–Kier alpha value is -1.46. The lowest BCUT2D eigenvalue weighted by Crippen LogP contribution is -2.26. The third-order valence-electron chi connectivity index (χ3n) is 3.53. The minimum atomic E-state index is -0.254. The summed E-state index contributed by atoms with van der Waals surface area (Å²) in [7, 11) is 0. The average Bonchev–Trinajstić information content (AvgIpc) is 2.78. The molecule has 0 amide bonds. The lowest BCUT2D eigenvalue weighted by atomic mass is 10.0. The first-order valence-corrected chi connectivity index (χ1v) is 6.26. The number of amidine groups is 1. The van der Waals surface area contributed by atoms with Crippen LogP contribution < -0.4 is 5.73 Å². The predicted octanol–water partition coefficient (Wildman–Crippen LogP) is 0.568. The number of aliphatic hydroxyl groups excluding tert-OH is 1. The van der Waals surface area contributed by atoms with Crippen molar-refractivity contribution in [1.82, 2.24) is 9.88 Å². The topological polar surface area (TPSA) is 86.2 Å². The number of aliphatic hydroxyl groups is 1. The maximum atomic E-state index is 9.59. The number of aromatic nitrogens is 1. The number of nitrogens with two attached hydrogens (primary N) is 1. The molecule has 18 heavy (non-hydrogen) atoms. The molecule has 0 radical (unpaired) electrons. The van der Waals surface area contributed by atoms with Crippen molar-refractivity contribution in [2.75, 3.05) is 13.1 Å². The van der Waals surface area contributed by atoms with E-state index in [1.54, 1.807) is 6.20 Å². The van der Waals surface area contributed by atoms with Crippen molar-refractivity contribution < 1.29 is 5.11 Å². The Morgan fingerprint density at radius 3 is 3.11 bits per heavy atom. The van der Waals surface area contributed by atoms with Gasteiger partial charge in [0.05, 0.1) is 6.10 Å². The molecule has 5 heteroatoms. The van der Waals surface area contributed by atoms with E-state index in [0.29, 0.717) is 11.6 Å². The SMILES string of the molecule is CC(O)C1CCN(Cc2cccnc2C(=N)N)C1. The van der Waals surface area contributed by atoms with Gasteiger partial charge in [-0.3, -0.25) is 15.3 Å². The highest BCUT2D eigenvalue weighted by Crippen LogP contribution is 2.22. The first kappa shape index (κ1) is 13.0. The summed E-state index contributed by atoms with van der Waals surface area (Å²) in [6.45, 7) is 4.46. The summed E-state index contributed by atoms with van der Waals surface area (Å²) in [6, 6.07) is 3.82. The van der Waals surface area contributed by atoms with Gasteiger partial charge in [0, 0.05) is 19.3 Å². The molecule has 1 aromatic heterocycles. The van der Waals surface area contributed by atoms with Crippen molar-refractivity contribution in [3.05, 3.63) is 29.6 Å². The molecule has 1 aliphatic rings. The number of nitrogen functional groups attached to an aromatic ring is 1. The van der Waals surface area contributed by atoms with Gasteiger partial charge < -0.3 is 10.8 Å². The first-order chi connectivity index (χ1) is 8.58. The lowest BCUT2D eigenvalue weighted by molar-refractivity contribution is 0.127. The third-order valence-corrected chi connectivity index (χ3v) is 3.53. The van der Waals surface area contributed by atoms with Crippen molar-refractivity contribution in [3.8, 4) is 0 Å². The molecule has 1 fully saturated rings. The molecule has 0 aromatic carbocycles. The van der Waals surface area contributed by atoms with E-state index in [-0.39, 0.29) is 11.9 Å². The number of likely N-dealkylation sites (tertiary alicyclic amines) is 1. The Morgan fingerprint density at radius 2 is 2.50 bits per heavy atom. The normalized spacial score (nSPS) is 22.0. The van der Waals surface area contributed by atoms with Gasteiger partial charge in [-0.1, -0.05) is 6.07 Å². The molecule has 1 aliphatic heterocycles. The van der Waals surface area contributed by atoms with E-state index < -0.39 is 0 Å². The van der Waals surface area contributed by atoms with Gasteiger partial charge in [0.1, 0.15) is 11.5 Å². The molecule has 2 unspecified atom stereocenters. The Balaban J connectivity index is 2.05. The molecule has 5 nitrogen and oxygen atoms in total. The summed E-state index contributed by atoms with van der Waals surface area (Å²) in [5.74, 6) is 0.360. The second kappa shape index (κ2) is 5.46.